The molecule has 1 N–H and O–H groups in total. The largest absolute Gasteiger partial charge is 0.324 e. The van der Waals surface area contributed by atoms with Gasteiger partial charge in [-0.15, -0.1) is 0 Å². The minimum Gasteiger partial charge on any atom is -0.324 e. The minimum atomic E-state index is -0.364. The van der Waals surface area contributed by atoms with Crippen LogP contribution in [-0.2, 0) is 11.2 Å². The predicted octanol–water partition coefficient (Wildman–Crippen LogP) is 3.92. The molecule has 3 rings (SSSR count). The molecule has 1 heterocycles. The number of aromatic nitrogens is 1. The quantitative estimate of drug-likeness (QED) is 0.772. The average molecular weight is 327 g/mol. The third-order valence-corrected chi connectivity index (χ3v) is 3.99. The molecule has 122 valence electrons. The van der Waals surface area contributed by atoms with E-state index in [-0.39, 0.29) is 11.8 Å². The fraction of sp³-hybridized carbons (Fsp3) is 0.0952. The highest BCUT2D eigenvalue weighted by Gasteiger charge is 2.22. The molecule has 0 spiro atoms. The van der Waals surface area contributed by atoms with Crippen LogP contribution in [0.1, 0.15) is 22.6 Å². The fourth-order valence-electron chi connectivity index (χ4n) is 2.71. The van der Waals surface area contributed by atoms with Crippen molar-refractivity contribution in [2.45, 2.75) is 12.3 Å². The maximum Gasteiger partial charge on any atom is 0.232 e. The highest BCUT2D eigenvalue weighted by atomic mass is 16.1. The Morgan fingerprint density at radius 1 is 1.04 bits per heavy atom. The molecule has 1 atom stereocenters. The zero-order valence-corrected chi connectivity index (χ0v) is 13.6. The molecule has 3 aromatic rings. The van der Waals surface area contributed by atoms with Gasteiger partial charge in [0.15, 0.2) is 0 Å². The van der Waals surface area contributed by atoms with Gasteiger partial charge in [0.1, 0.15) is 6.07 Å². The molecule has 4 heteroatoms. The van der Waals surface area contributed by atoms with Crippen LogP contribution in [0.5, 0.6) is 0 Å². The van der Waals surface area contributed by atoms with Crippen LogP contribution in [0.4, 0.5) is 5.69 Å². The Morgan fingerprint density at radius 3 is 2.52 bits per heavy atom. The molecule has 0 aliphatic carbocycles. The summed E-state index contributed by atoms with van der Waals surface area (Å²) in [5.74, 6) is -0.505. The minimum absolute atomic E-state index is 0.141. The van der Waals surface area contributed by atoms with Crippen molar-refractivity contribution in [3.63, 3.8) is 0 Å². The van der Waals surface area contributed by atoms with Crippen LogP contribution in [-0.4, -0.2) is 10.9 Å². The van der Waals surface area contributed by atoms with Gasteiger partial charge in [0.2, 0.25) is 5.91 Å². The number of nitrogens with zero attached hydrogens (tertiary/aromatic N) is 2. The monoisotopic (exact) mass is 327 g/mol. The van der Waals surface area contributed by atoms with Crippen molar-refractivity contribution in [2.24, 2.45) is 0 Å². The van der Waals surface area contributed by atoms with E-state index in [2.05, 4.69) is 16.4 Å². The summed E-state index contributed by atoms with van der Waals surface area (Å²) in [6.45, 7) is 0. The summed E-state index contributed by atoms with van der Waals surface area (Å²) in [5.41, 5.74) is 2.89. The third-order valence-electron chi connectivity index (χ3n) is 3.99. The lowest BCUT2D eigenvalue weighted by atomic mass is 9.91. The molecule has 4 nitrogen and oxygen atoms in total. The van der Waals surface area contributed by atoms with Gasteiger partial charge in [-0.3, -0.25) is 9.78 Å². The number of para-hydroxylation sites is 1. The van der Waals surface area contributed by atoms with E-state index in [0.717, 1.165) is 11.1 Å². The van der Waals surface area contributed by atoms with E-state index in [1.807, 2.05) is 42.5 Å². The molecule has 0 aliphatic heterocycles. The van der Waals surface area contributed by atoms with E-state index >= 15 is 0 Å². The van der Waals surface area contributed by atoms with Gasteiger partial charge in [-0.1, -0.05) is 48.5 Å². The van der Waals surface area contributed by atoms with Crippen molar-refractivity contribution in [3.8, 4) is 6.07 Å². The van der Waals surface area contributed by atoms with Gasteiger partial charge in [0.05, 0.1) is 17.2 Å². The summed E-state index contributed by atoms with van der Waals surface area (Å²) < 4.78 is 0. The van der Waals surface area contributed by atoms with Gasteiger partial charge in [-0.25, -0.2) is 0 Å². The highest BCUT2D eigenvalue weighted by molar-refractivity contribution is 5.97. The number of pyridine rings is 1. The van der Waals surface area contributed by atoms with Crippen molar-refractivity contribution in [1.82, 2.24) is 4.98 Å². The number of anilines is 1. The Kier molecular flexibility index (Phi) is 5.18. The van der Waals surface area contributed by atoms with Crippen molar-refractivity contribution in [2.75, 3.05) is 5.32 Å². The normalized spacial score (nSPS) is 11.3. The molecule has 1 unspecified atom stereocenters. The maximum atomic E-state index is 12.9. The third kappa shape index (κ3) is 4.10. The van der Waals surface area contributed by atoms with Crippen LogP contribution in [0, 0.1) is 11.3 Å². The van der Waals surface area contributed by atoms with E-state index in [1.54, 1.807) is 36.7 Å². The summed E-state index contributed by atoms with van der Waals surface area (Å²) >= 11 is 0. The number of carbonyl (C=O) groups is 1. The first-order valence-corrected chi connectivity index (χ1v) is 8.02. The lowest BCUT2D eigenvalue weighted by Crippen LogP contribution is -2.23. The Morgan fingerprint density at radius 2 is 1.80 bits per heavy atom. The fourth-order valence-corrected chi connectivity index (χ4v) is 2.71. The van der Waals surface area contributed by atoms with Crippen LogP contribution < -0.4 is 5.32 Å². The number of amides is 1. The Bertz CT molecular complexity index is 886. The first-order chi connectivity index (χ1) is 12.3. The topological polar surface area (TPSA) is 65.8 Å². The SMILES string of the molecule is N#Cc1ccccc1NC(=O)C(Cc1cccnc1)c1ccccc1. The van der Waals surface area contributed by atoms with Crippen molar-refractivity contribution in [1.29, 1.82) is 5.26 Å². The summed E-state index contributed by atoms with van der Waals surface area (Å²) in [7, 11) is 0. The zero-order valence-electron chi connectivity index (χ0n) is 13.6. The van der Waals surface area contributed by atoms with Crippen molar-refractivity contribution >= 4 is 11.6 Å². The van der Waals surface area contributed by atoms with Crippen LogP contribution in [0.3, 0.4) is 0 Å². The maximum absolute atomic E-state index is 12.9. The molecule has 2 aromatic carbocycles. The standard InChI is InChI=1S/C21H17N3O/c22-14-18-10-4-5-11-20(18)24-21(25)19(17-8-2-1-3-9-17)13-16-7-6-12-23-15-16/h1-12,15,19H,13H2,(H,24,25). The predicted molar refractivity (Wildman–Crippen MR) is 96.9 cm³/mol. The lowest BCUT2D eigenvalue weighted by molar-refractivity contribution is -0.117. The molecule has 0 fully saturated rings. The summed E-state index contributed by atoms with van der Waals surface area (Å²) in [4.78, 5) is 17.1. The van der Waals surface area contributed by atoms with Crippen LogP contribution in [0.25, 0.3) is 0 Å². The number of hydrogen-bond donors (Lipinski definition) is 1. The Balaban J connectivity index is 1.88. The number of nitriles is 1. The van der Waals surface area contributed by atoms with Gasteiger partial charge in [-0.2, -0.15) is 5.26 Å². The molecule has 25 heavy (non-hydrogen) atoms. The average Bonchev–Trinajstić information content (AvgIpc) is 2.68. The smallest absolute Gasteiger partial charge is 0.232 e. The lowest BCUT2D eigenvalue weighted by Gasteiger charge is -2.18. The molecule has 1 amide bonds. The zero-order chi connectivity index (χ0) is 17.5. The summed E-state index contributed by atoms with van der Waals surface area (Å²) in [6.07, 6.45) is 4.02. The number of benzene rings is 2. The van der Waals surface area contributed by atoms with E-state index in [1.165, 1.54) is 0 Å². The molecule has 0 saturated heterocycles. The van der Waals surface area contributed by atoms with Gasteiger partial charge in [0.25, 0.3) is 0 Å². The van der Waals surface area contributed by atoms with E-state index in [0.29, 0.717) is 17.7 Å². The van der Waals surface area contributed by atoms with Crippen molar-refractivity contribution < 1.29 is 4.79 Å². The highest BCUT2D eigenvalue weighted by Crippen LogP contribution is 2.24. The second kappa shape index (κ2) is 7.89. The summed E-state index contributed by atoms with van der Waals surface area (Å²) in [6, 6.07) is 22.6. The second-order valence-electron chi connectivity index (χ2n) is 5.68. The molecular formula is C21H17N3O. The number of hydrogen-bond acceptors (Lipinski definition) is 3. The first kappa shape index (κ1) is 16.4. The molecule has 1 aromatic heterocycles. The van der Waals surface area contributed by atoms with E-state index in [4.69, 9.17) is 0 Å². The Labute approximate surface area is 146 Å². The van der Waals surface area contributed by atoms with Gasteiger partial charge >= 0.3 is 0 Å². The van der Waals surface area contributed by atoms with Crippen LogP contribution >= 0.6 is 0 Å². The first-order valence-electron chi connectivity index (χ1n) is 8.02. The van der Waals surface area contributed by atoms with Crippen LogP contribution in [0.2, 0.25) is 0 Å². The Hall–Kier alpha value is -3.45. The number of carbonyl (C=O) groups excluding carboxylic acids is 1. The van der Waals surface area contributed by atoms with Gasteiger partial charge < -0.3 is 5.32 Å². The molecule has 0 radical (unpaired) electrons. The second-order valence-corrected chi connectivity index (χ2v) is 5.68. The molecule has 0 saturated carbocycles. The van der Waals surface area contributed by atoms with Crippen LogP contribution in [0.15, 0.2) is 79.1 Å². The van der Waals surface area contributed by atoms with E-state index in [9.17, 15) is 10.1 Å². The van der Waals surface area contributed by atoms with Crippen molar-refractivity contribution in [3.05, 3.63) is 95.8 Å². The van der Waals surface area contributed by atoms with E-state index < -0.39 is 0 Å². The number of rotatable bonds is 5. The van der Waals surface area contributed by atoms with Gasteiger partial charge in [-0.05, 0) is 35.7 Å². The molecule has 0 aliphatic rings. The summed E-state index contributed by atoms with van der Waals surface area (Å²) in [5, 5.41) is 12.1. The number of nitrogens with one attached hydrogen (secondary N) is 1. The molecule has 0 bridgehead atoms. The molecular weight excluding hydrogens is 310 g/mol. The van der Waals surface area contributed by atoms with Gasteiger partial charge in [0, 0.05) is 12.4 Å².